The van der Waals surface area contributed by atoms with Gasteiger partial charge in [0.05, 0.1) is 19.8 Å². The fourth-order valence-electron chi connectivity index (χ4n) is 0.822. The van der Waals surface area contributed by atoms with Gasteiger partial charge in [0, 0.05) is 0 Å². The van der Waals surface area contributed by atoms with E-state index >= 15 is 0 Å². The van der Waals surface area contributed by atoms with E-state index in [9.17, 15) is 4.79 Å². The quantitative estimate of drug-likeness (QED) is 0.301. The highest BCUT2D eigenvalue weighted by molar-refractivity contribution is 5.85. The molecule has 6 heteroatoms. The number of carbonyl (C=O) groups excluding carboxylic acids is 1. The van der Waals surface area contributed by atoms with E-state index < -0.39 is 5.97 Å². The molecule has 15 heavy (non-hydrogen) atoms. The lowest BCUT2D eigenvalue weighted by Gasteiger charge is -2.12. The van der Waals surface area contributed by atoms with Crippen LogP contribution in [-0.2, 0) is 23.9 Å². The Balaban J connectivity index is 4.85. The summed E-state index contributed by atoms with van der Waals surface area (Å²) in [5.74, 6) is -1.40. The van der Waals surface area contributed by atoms with Crippen LogP contribution in [0.15, 0.2) is 11.7 Å². The molecule has 0 unspecified atom stereocenters. The van der Waals surface area contributed by atoms with E-state index in [1.165, 1.54) is 0 Å². The van der Waals surface area contributed by atoms with Crippen LogP contribution in [0.4, 0.5) is 0 Å². The summed E-state index contributed by atoms with van der Waals surface area (Å²) in [6.45, 7) is 5.99. The van der Waals surface area contributed by atoms with Crippen molar-refractivity contribution in [1.29, 1.82) is 0 Å². The maximum atomic E-state index is 11.1. The summed E-state index contributed by atoms with van der Waals surface area (Å²) in [6, 6.07) is 0. The Morgan fingerprint density at radius 2 is 1.47 bits per heavy atom. The van der Waals surface area contributed by atoms with Crippen LogP contribution in [0.2, 0.25) is 0 Å². The van der Waals surface area contributed by atoms with Gasteiger partial charge in [0.15, 0.2) is 0 Å². The molecule has 0 fully saturated rings. The van der Waals surface area contributed by atoms with E-state index in [2.05, 4.69) is 4.89 Å². The average molecular weight is 220 g/mol. The summed E-state index contributed by atoms with van der Waals surface area (Å²) in [7, 11) is 0. The smallest absolute Gasteiger partial charge is 0.414 e. The van der Waals surface area contributed by atoms with Crippen LogP contribution in [0, 0.1) is 0 Å². The first-order valence-electron chi connectivity index (χ1n) is 4.69. The third-order valence-electron chi connectivity index (χ3n) is 1.29. The fourth-order valence-corrected chi connectivity index (χ4v) is 0.822. The molecule has 0 bridgehead atoms. The molecule has 0 radical (unpaired) electrons. The molecule has 6 nitrogen and oxygen atoms in total. The molecule has 0 aromatic carbocycles. The SMILES string of the molecule is CCOC(OCC)=C(OCC)C(=O)OO. The van der Waals surface area contributed by atoms with Gasteiger partial charge in [-0.3, -0.25) is 4.89 Å². The van der Waals surface area contributed by atoms with Gasteiger partial charge in [-0.15, -0.1) is 0 Å². The van der Waals surface area contributed by atoms with Gasteiger partial charge < -0.3 is 14.2 Å². The van der Waals surface area contributed by atoms with Gasteiger partial charge in [-0.2, -0.15) is 5.26 Å². The average Bonchev–Trinajstić information content (AvgIpc) is 2.25. The van der Waals surface area contributed by atoms with Crippen LogP contribution in [0.3, 0.4) is 0 Å². The van der Waals surface area contributed by atoms with E-state index in [4.69, 9.17) is 19.5 Å². The monoisotopic (exact) mass is 220 g/mol. The van der Waals surface area contributed by atoms with E-state index in [1.54, 1.807) is 20.8 Å². The molecule has 0 aromatic rings. The number of rotatable bonds is 7. The summed E-state index contributed by atoms with van der Waals surface area (Å²) in [5, 5.41) is 8.24. The lowest BCUT2D eigenvalue weighted by molar-refractivity contribution is -0.233. The molecule has 0 amide bonds. The molecular weight excluding hydrogens is 204 g/mol. The van der Waals surface area contributed by atoms with Crippen LogP contribution < -0.4 is 0 Å². The van der Waals surface area contributed by atoms with E-state index in [-0.39, 0.29) is 18.3 Å². The Kier molecular flexibility index (Phi) is 7.17. The summed E-state index contributed by atoms with van der Waals surface area (Å²) >= 11 is 0. The van der Waals surface area contributed by atoms with Crippen molar-refractivity contribution in [2.24, 2.45) is 0 Å². The first kappa shape index (κ1) is 13.6. The Labute approximate surface area is 88.3 Å². The number of hydrogen-bond acceptors (Lipinski definition) is 6. The molecule has 0 saturated carbocycles. The topological polar surface area (TPSA) is 74.2 Å². The minimum Gasteiger partial charge on any atom is -0.482 e. The molecule has 0 saturated heterocycles. The molecule has 0 atom stereocenters. The second-order valence-corrected chi connectivity index (χ2v) is 2.29. The van der Waals surface area contributed by atoms with Gasteiger partial charge in [-0.25, -0.2) is 4.79 Å². The highest BCUT2D eigenvalue weighted by atomic mass is 17.1. The molecule has 0 aliphatic rings. The second kappa shape index (κ2) is 7.93. The molecule has 0 rings (SSSR count). The van der Waals surface area contributed by atoms with Crippen LogP contribution in [0.25, 0.3) is 0 Å². The van der Waals surface area contributed by atoms with Crippen molar-refractivity contribution in [1.82, 2.24) is 0 Å². The van der Waals surface area contributed by atoms with Crippen molar-refractivity contribution >= 4 is 5.97 Å². The maximum absolute atomic E-state index is 11.1. The number of carbonyl (C=O) groups is 1. The van der Waals surface area contributed by atoms with Crippen LogP contribution in [0.5, 0.6) is 0 Å². The fraction of sp³-hybridized carbons (Fsp3) is 0.667. The summed E-state index contributed by atoms with van der Waals surface area (Å²) in [5.41, 5.74) is 0. The van der Waals surface area contributed by atoms with Crippen LogP contribution in [-0.4, -0.2) is 31.0 Å². The second-order valence-electron chi connectivity index (χ2n) is 2.29. The van der Waals surface area contributed by atoms with Crippen molar-refractivity contribution in [2.45, 2.75) is 20.8 Å². The third kappa shape index (κ3) is 4.55. The summed E-state index contributed by atoms with van der Waals surface area (Å²) in [4.78, 5) is 14.6. The first-order chi connectivity index (χ1) is 7.21. The summed E-state index contributed by atoms with van der Waals surface area (Å²) in [6.07, 6.45) is 0. The molecular formula is C9H16O6. The Morgan fingerprint density at radius 3 is 1.80 bits per heavy atom. The predicted octanol–water partition coefficient (Wildman–Crippen LogP) is 1.28. The molecule has 0 aliphatic heterocycles. The molecule has 1 N–H and O–H groups in total. The van der Waals surface area contributed by atoms with Gasteiger partial charge in [-0.05, 0) is 20.8 Å². The largest absolute Gasteiger partial charge is 0.482 e. The van der Waals surface area contributed by atoms with Crippen molar-refractivity contribution in [3.05, 3.63) is 11.7 Å². The van der Waals surface area contributed by atoms with Crippen molar-refractivity contribution in [3.8, 4) is 0 Å². The molecule has 0 spiro atoms. The zero-order valence-electron chi connectivity index (χ0n) is 9.11. The standard InChI is InChI=1S/C9H16O6/c1-4-12-7(8(10)15-11)9(13-5-2)14-6-3/h11H,4-6H2,1-3H3. The Hall–Kier alpha value is -1.43. The number of ether oxygens (including phenoxy) is 3. The van der Waals surface area contributed by atoms with Crippen molar-refractivity contribution in [2.75, 3.05) is 19.8 Å². The predicted molar refractivity (Wildman–Crippen MR) is 50.6 cm³/mol. The van der Waals surface area contributed by atoms with E-state index in [0.29, 0.717) is 13.2 Å². The first-order valence-corrected chi connectivity index (χ1v) is 4.69. The van der Waals surface area contributed by atoms with E-state index in [1.807, 2.05) is 0 Å². The van der Waals surface area contributed by atoms with Gasteiger partial charge in [0.2, 0.25) is 0 Å². The molecule has 88 valence electrons. The van der Waals surface area contributed by atoms with E-state index in [0.717, 1.165) is 0 Å². The zero-order chi connectivity index (χ0) is 11.7. The summed E-state index contributed by atoms with van der Waals surface area (Å²) < 4.78 is 15.0. The minimum absolute atomic E-state index is 0.0825. The molecule has 0 aromatic heterocycles. The molecule has 0 heterocycles. The highest BCUT2D eigenvalue weighted by Gasteiger charge is 2.22. The number of hydrogen-bond donors (Lipinski definition) is 1. The van der Waals surface area contributed by atoms with Crippen molar-refractivity contribution < 1.29 is 29.1 Å². The Bertz CT molecular complexity index is 215. The lowest BCUT2D eigenvalue weighted by atomic mass is 10.5. The van der Waals surface area contributed by atoms with Gasteiger partial charge in [0.25, 0.3) is 5.76 Å². The maximum Gasteiger partial charge on any atom is 0.414 e. The van der Waals surface area contributed by atoms with Crippen LogP contribution >= 0.6 is 0 Å². The minimum atomic E-state index is -1.05. The van der Waals surface area contributed by atoms with Crippen molar-refractivity contribution in [3.63, 3.8) is 0 Å². The molecule has 0 aliphatic carbocycles. The van der Waals surface area contributed by atoms with Gasteiger partial charge in [0.1, 0.15) is 0 Å². The normalized spacial score (nSPS) is 9.07. The zero-order valence-corrected chi connectivity index (χ0v) is 9.11. The third-order valence-corrected chi connectivity index (χ3v) is 1.29. The highest BCUT2D eigenvalue weighted by Crippen LogP contribution is 2.11. The lowest BCUT2D eigenvalue weighted by Crippen LogP contribution is -2.15. The Morgan fingerprint density at radius 1 is 1.00 bits per heavy atom. The van der Waals surface area contributed by atoms with Crippen LogP contribution in [0.1, 0.15) is 20.8 Å². The van der Waals surface area contributed by atoms with Gasteiger partial charge in [-0.1, -0.05) is 0 Å². The van der Waals surface area contributed by atoms with Gasteiger partial charge >= 0.3 is 11.9 Å².